The van der Waals surface area contributed by atoms with E-state index in [9.17, 15) is 0 Å². The minimum atomic E-state index is -0.833. The lowest BCUT2D eigenvalue weighted by Crippen LogP contribution is -2.47. The van der Waals surface area contributed by atoms with Crippen LogP contribution in [-0.2, 0) is 4.57 Å². The molecule has 0 aromatic heterocycles. The average Bonchev–Trinajstić information content (AvgIpc) is 2.11. The van der Waals surface area contributed by atoms with Crippen molar-refractivity contribution in [3.05, 3.63) is 0 Å². The van der Waals surface area contributed by atoms with Crippen LogP contribution >= 0.6 is 8.69 Å². The molecule has 0 radical (unpaired) electrons. The predicted octanol–water partition coefficient (Wildman–Crippen LogP) is 2.07. The fourth-order valence-electron chi connectivity index (χ4n) is 1.34. The number of quaternary nitrogens is 1. The van der Waals surface area contributed by atoms with Gasteiger partial charge in [0, 0.05) is 0 Å². The highest BCUT2D eigenvalue weighted by atomic mass is 31.1. The smallest absolute Gasteiger partial charge is 0.324 e. The lowest BCUT2D eigenvalue weighted by molar-refractivity contribution is -0.921. The Morgan fingerprint density at radius 3 is 1.17 bits per heavy atom. The molecule has 4 heteroatoms. The molecule has 0 atom stereocenters. The van der Waals surface area contributed by atoms with E-state index < -0.39 is 8.69 Å². The van der Waals surface area contributed by atoms with Crippen LogP contribution in [0, 0.1) is 0 Å². The molecule has 0 rings (SSSR count). The zero-order valence-electron chi connectivity index (χ0n) is 8.58. The molecule has 12 heavy (non-hydrogen) atoms. The van der Waals surface area contributed by atoms with Crippen LogP contribution in [0.1, 0.15) is 27.7 Å². The number of nitrogens with zero attached hydrogens (tertiary/aromatic N) is 1. The molecule has 0 aromatic carbocycles. The van der Waals surface area contributed by atoms with Gasteiger partial charge in [0.2, 0.25) is 0 Å². The van der Waals surface area contributed by atoms with Gasteiger partial charge in [-0.1, -0.05) is 0 Å². The first-order chi connectivity index (χ1) is 5.66. The van der Waals surface area contributed by atoms with Crippen LogP contribution < -0.4 is 0 Å². The van der Waals surface area contributed by atoms with Gasteiger partial charge in [0.25, 0.3) is 0 Å². The first-order valence-corrected chi connectivity index (χ1v) is 5.24. The fraction of sp³-hybridized carbons (Fsp3) is 1.00. The normalized spacial score (nSPS) is 10.8. The van der Waals surface area contributed by atoms with Crippen molar-refractivity contribution in [1.82, 2.24) is 0 Å². The van der Waals surface area contributed by atoms with Crippen molar-refractivity contribution in [2.45, 2.75) is 27.7 Å². The Morgan fingerprint density at radius 2 is 1.17 bits per heavy atom. The summed E-state index contributed by atoms with van der Waals surface area (Å²) in [6.45, 7) is 14.2. The van der Waals surface area contributed by atoms with Gasteiger partial charge in [-0.05, 0) is 27.7 Å². The van der Waals surface area contributed by atoms with Crippen LogP contribution in [0.15, 0.2) is 0 Å². The van der Waals surface area contributed by atoms with E-state index in [1.54, 1.807) is 0 Å². The molecule has 0 amide bonds. The maximum absolute atomic E-state index is 8.46. The average molecular weight is 194 g/mol. The zero-order valence-corrected chi connectivity index (χ0v) is 9.47. The fourth-order valence-corrected chi connectivity index (χ4v) is 1.34. The highest BCUT2D eigenvalue weighted by Crippen LogP contribution is 2.03. The van der Waals surface area contributed by atoms with Crippen molar-refractivity contribution in [2.75, 3.05) is 26.2 Å². The first kappa shape index (κ1) is 14.5. The van der Waals surface area contributed by atoms with Crippen molar-refractivity contribution in [3.8, 4) is 0 Å². The van der Waals surface area contributed by atoms with Crippen LogP contribution in [0.25, 0.3) is 0 Å². The summed E-state index contributed by atoms with van der Waals surface area (Å²) in [5.74, 6) is 0. The van der Waals surface area contributed by atoms with Crippen LogP contribution in [0.3, 0.4) is 0 Å². The SMILES string of the molecule is CC[N+](CC)(CC)CC.O=PO. The highest BCUT2D eigenvalue weighted by molar-refractivity contribution is 7.16. The molecule has 1 N–H and O–H groups in total. The van der Waals surface area contributed by atoms with E-state index in [-0.39, 0.29) is 0 Å². The Balaban J connectivity index is 0. The molecule has 0 heterocycles. The number of hydrogen-bond acceptors (Lipinski definition) is 1. The van der Waals surface area contributed by atoms with Gasteiger partial charge in [-0.25, -0.2) is 4.57 Å². The van der Waals surface area contributed by atoms with Gasteiger partial charge in [-0.15, -0.1) is 0 Å². The third-order valence-corrected chi connectivity index (χ3v) is 2.68. The number of rotatable bonds is 4. The summed E-state index contributed by atoms with van der Waals surface area (Å²) in [5, 5.41) is 0. The van der Waals surface area contributed by atoms with Gasteiger partial charge in [0.15, 0.2) is 0 Å². The van der Waals surface area contributed by atoms with Crippen LogP contribution in [0.2, 0.25) is 0 Å². The van der Waals surface area contributed by atoms with Crippen molar-refractivity contribution in [3.63, 3.8) is 0 Å². The summed E-state index contributed by atoms with van der Waals surface area (Å²) in [4.78, 5) is 6.99. The van der Waals surface area contributed by atoms with Gasteiger partial charge < -0.3 is 9.38 Å². The Labute approximate surface area is 77.3 Å². The molecule has 74 valence electrons. The van der Waals surface area contributed by atoms with Crippen molar-refractivity contribution in [2.24, 2.45) is 0 Å². The summed E-state index contributed by atoms with van der Waals surface area (Å²) in [5.41, 5.74) is 0. The van der Waals surface area contributed by atoms with Gasteiger partial charge in [-0.2, -0.15) is 0 Å². The van der Waals surface area contributed by atoms with Gasteiger partial charge in [0.05, 0.1) is 26.2 Å². The Kier molecular flexibility index (Phi) is 11.0. The van der Waals surface area contributed by atoms with Gasteiger partial charge in [0.1, 0.15) is 0 Å². The zero-order chi connectivity index (χ0) is 10.0. The monoisotopic (exact) mass is 194 g/mol. The third-order valence-electron chi connectivity index (χ3n) is 2.68. The van der Waals surface area contributed by atoms with E-state index in [0.717, 1.165) is 0 Å². The second kappa shape index (κ2) is 9.11. The molecule has 0 aliphatic carbocycles. The van der Waals surface area contributed by atoms with E-state index in [1.807, 2.05) is 0 Å². The summed E-state index contributed by atoms with van der Waals surface area (Å²) >= 11 is 0. The molecule has 0 fully saturated rings. The molecular formula is C8H21NO2P+. The molecule has 0 aliphatic heterocycles. The summed E-state index contributed by atoms with van der Waals surface area (Å²) in [7, 11) is -0.833. The second-order valence-electron chi connectivity index (χ2n) is 2.69. The molecule has 0 aliphatic rings. The summed E-state index contributed by atoms with van der Waals surface area (Å²) in [6, 6.07) is 0. The standard InChI is InChI=1S/C8H20N.HO2P/c1-5-9(6-2,7-3)8-4;1-3-2/h5-8H2,1-4H3;(H,1,2)/q+1;. The molecule has 3 nitrogen and oxygen atoms in total. The van der Waals surface area contributed by atoms with E-state index in [1.165, 1.54) is 30.7 Å². The van der Waals surface area contributed by atoms with Crippen molar-refractivity contribution < 1.29 is 13.9 Å². The van der Waals surface area contributed by atoms with Gasteiger partial charge >= 0.3 is 8.69 Å². The lowest BCUT2D eigenvalue weighted by atomic mass is 10.3. The minimum absolute atomic E-state index is 0.833. The quantitative estimate of drug-likeness (QED) is 0.549. The number of hydrogen-bond donors (Lipinski definition) is 1. The maximum atomic E-state index is 8.46. The van der Waals surface area contributed by atoms with E-state index in [2.05, 4.69) is 27.7 Å². The van der Waals surface area contributed by atoms with Crippen LogP contribution in [0.5, 0.6) is 0 Å². The third kappa shape index (κ3) is 5.64. The van der Waals surface area contributed by atoms with E-state index in [0.29, 0.717) is 0 Å². The molecule has 0 spiro atoms. The molecule has 0 aromatic rings. The predicted molar refractivity (Wildman–Crippen MR) is 52.2 cm³/mol. The molecule has 0 saturated carbocycles. The Hall–Kier alpha value is 0.0200. The molecule has 0 unspecified atom stereocenters. The van der Waals surface area contributed by atoms with Crippen molar-refractivity contribution >= 4 is 8.69 Å². The summed E-state index contributed by atoms with van der Waals surface area (Å²) < 4.78 is 9.74. The van der Waals surface area contributed by atoms with Crippen LogP contribution in [0.4, 0.5) is 0 Å². The molecular weight excluding hydrogens is 173 g/mol. The molecule has 0 saturated heterocycles. The largest absolute Gasteiger partial charge is 0.325 e. The Morgan fingerprint density at radius 1 is 1.00 bits per heavy atom. The second-order valence-corrected chi connectivity index (χ2v) is 2.85. The maximum Gasteiger partial charge on any atom is 0.324 e. The first-order valence-electron chi connectivity index (χ1n) is 4.48. The van der Waals surface area contributed by atoms with Crippen LogP contribution in [-0.4, -0.2) is 35.6 Å². The van der Waals surface area contributed by atoms with E-state index in [4.69, 9.17) is 9.46 Å². The van der Waals surface area contributed by atoms with E-state index >= 15 is 0 Å². The topological polar surface area (TPSA) is 37.3 Å². The summed E-state index contributed by atoms with van der Waals surface area (Å²) in [6.07, 6.45) is 0. The molecule has 0 bridgehead atoms. The van der Waals surface area contributed by atoms with Crippen molar-refractivity contribution in [1.29, 1.82) is 0 Å². The minimum Gasteiger partial charge on any atom is -0.325 e. The lowest BCUT2D eigenvalue weighted by Gasteiger charge is -2.34. The highest BCUT2D eigenvalue weighted by Gasteiger charge is 2.16. The Bertz CT molecular complexity index is 87.7. The van der Waals surface area contributed by atoms with Gasteiger partial charge in [-0.3, -0.25) is 0 Å².